The highest BCUT2D eigenvalue weighted by atomic mass is 14.5. The molecule has 4 aliphatic carbocycles. The lowest BCUT2D eigenvalue weighted by molar-refractivity contribution is 0.973. The highest BCUT2D eigenvalue weighted by Crippen LogP contribution is 2.58. The molecule has 0 N–H and O–H groups in total. The van der Waals surface area contributed by atoms with Crippen LogP contribution in [0, 0.1) is 5.41 Å². The van der Waals surface area contributed by atoms with Crippen molar-refractivity contribution in [2.24, 2.45) is 5.41 Å². The van der Waals surface area contributed by atoms with Gasteiger partial charge in [0.25, 0.3) is 0 Å². The molecular weight excluding hydrogens is 204 g/mol. The third-order valence-electron chi connectivity index (χ3n) is 4.32. The number of rotatable bonds is 0. The summed E-state index contributed by atoms with van der Waals surface area (Å²) in [4.78, 5) is 0. The van der Waals surface area contributed by atoms with E-state index in [-0.39, 0.29) is 5.41 Å². The third-order valence-corrected chi connectivity index (χ3v) is 4.32. The third kappa shape index (κ3) is 0.763. The van der Waals surface area contributed by atoms with Crippen molar-refractivity contribution in [2.75, 3.05) is 0 Å². The van der Waals surface area contributed by atoms with Crippen molar-refractivity contribution in [1.82, 2.24) is 0 Å². The molecule has 1 unspecified atom stereocenters. The van der Waals surface area contributed by atoms with Crippen molar-refractivity contribution < 1.29 is 0 Å². The van der Waals surface area contributed by atoms with Crippen LogP contribution in [0.5, 0.6) is 0 Å². The van der Waals surface area contributed by atoms with Gasteiger partial charge in [-0.3, -0.25) is 0 Å². The molecule has 1 aromatic rings. The Bertz CT molecular complexity index is 826. The highest BCUT2D eigenvalue weighted by molar-refractivity contribution is 5.92. The van der Waals surface area contributed by atoms with E-state index in [2.05, 4.69) is 60.7 Å². The predicted octanol–water partition coefficient (Wildman–Crippen LogP) is 2.17. The Labute approximate surface area is 99.3 Å². The smallest absolute Gasteiger partial charge is 0.0575 e. The summed E-state index contributed by atoms with van der Waals surface area (Å²) in [6.45, 7) is 0. The molecule has 1 spiro atoms. The van der Waals surface area contributed by atoms with Crippen LogP contribution in [0.1, 0.15) is 11.1 Å². The fourth-order valence-electron chi connectivity index (χ4n) is 3.35. The van der Waals surface area contributed by atoms with Crippen molar-refractivity contribution in [3.05, 3.63) is 69.7 Å². The molecule has 0 radical (unpaired) electrons. The minimum Gasteiger partial charge on any atom is -0.0651 e. The van der Waals surface area contributed by atoms with Crippen molar-refractivity contribution in [2.45, 2.75) is 0 Å². The van der Waals surface area contributed by atoms with Crippen LogP contribution in [0.4, 0.5) is 0 Å². The van der Waals surface area contributed by atoms with Crippen LogP contribution in [-0.2, 0) is 0 Å². The quantitative estimate of drug-likeness (QED) is 0.621. The van der Waals surface area contributed by atoms with E-state index in [1.54, 1.807) is 0 Å². The molecule has 0 heteroatoms. The van der Waals surface area contributed by atoms with Gasteiger partial charge in [0.05, 0.1) is 5.41 Å². The van der Waals surface area contributed by atoms with Gasteiger partial charge in [0.2, 0.25) is 0 Å². The second-order valence-electron chi connectivity index (χ2n) is 5.10. The van der Waals surface area contributed by atoms with Gasteiger partial charge in [-0.05, 0) is 32.7 Å². The molecule has 0 nitrogen and oxygen atoms in total. The molecule has 0 saturated carbocycles. The van der Waals surface area contributed by atoms with E-state index in [0.29, 0.717) is 0 Å². The Morgan fingerprint density at radius 2 is 1.88 bits per heavy atom. The molecule has 0 fully saturated rings. The van der Waals surface area contributed by atoms with Crippen LogP contribution < -0.4 is 10.4 Å². The molecule has 0 bridgehead atoms. The lowest BCUT2D eigenvalue weighted by atomic mass is 9.84. The number of hydrogen-bond donors (Lipinski definition) is 0. The van der Waals surface area contributed by atoms with Gasteiger partial charge in [0.1, 0.15) is 0 Å². The summed E-state index contributed by atoms with van der Waals surface area (Å²) in [7, 11) is 0. The molecule has 17 heavy (non-hydrogen) atoms. The van der Waals surface area contributed by atoms with Crippen molar-refractivity contribution in [3.63, 3.8) is 0 Å². The van der Waals surface area contributed by atoms with Gasteiger partial charge in [-0.2, -0.15) is 0 Å². The molecule has 1 aromatic carbocycles. The maximum atomic E-state index is 2.36. The Balaban J connectivity index is 2.00. The molecule has 1 atom stereocenters. The second-order valence-corrected chi connectivity index (χ2v) is 5.10. The first-order chi connectivity index (χ1) is 8.38. The number of allylic oxidation sites excluding steroid dienone is 6. The van der Waals surface area contributed by atoms with E-state index in [1.165, 1.54) is 32.7 Å². The average Bonchev–Trinajstić information content (AvgIpc) is 2.78. The zero-order chi connectivity index (χ0) is 11.0. The molecule has 5 rings (SSSR count). The van der Waals surface area contributed by atoms with Crippen molar-refractivity contribution in [1.29, 1.82) is 0 Å². The summed E-state index contributed by atoms with van der Waals surface area (Å²) in [6, 6.07) is 4.51. The van der Waals surface area contributed by atoms with Crippen LogP contribution in [0.15, 0.2) is 48.1 Å². The lowest BCUT2D eigenvalue weighted by Crippen LogP contribution is -2.23. The normalized spacial score (nSPS) is 28.2. The van der Waals surface area contributed by atoms with E-state index in [0.717, 1.165) is 0 Å². The van der Waals surface area contributed by atoms with Gasteiger partial charge < -0.3 is 0 Å². The number of fused-ring (bicyclic) bond motifs is 3. The van der Waals surface area contributed by atoms with Crippen LogP contribution in [0.3, 0.4) is 0 Å². The van der Waals surface area contributed by atoms with E-state index < -0.39 is 0 Å². The molecule has 0 aromatic heterocycles. The summed E-state index contributed by atoms with van der Waals surface area (Å²) >= 11 is 0. The van der Waals surface area contributed by atoms with Crippen molar-refractivity contribution >= 4 is 23.8 Å². The minimum absolute atomic E-state index is 0.188. The SMILES string of the molecule is C1=Cc2c3c(ccc2=C1)=C1C=CC2=CC21C=C3. The predicted molar refractivity (Wildman–Crippen MR) is 71.3 cm³/mol. The van der Waals surface area contributed by atoms with Gasteiger partial charge in [0, 0.05) is 0 Å². The monoisotopic (exact) mass is 214 g/mol. The first-order valence-electron chi connectivity index (χ1n) is 6.05. The van der Waals surface area contributed by atoms with Crippen molar-refractivity contribution in [3.8, 4) is 0 Å². The Morgan fingerprint density at radius 3 is 2.82 bits per heavy atom. The average molecular weight is 214 g/mol. The Kier molecular flexibility index (Phi) is 1.08. The standard InChI is InChI=1S/C17H10/c1-2-11-4-6-15-14(13(11)3-1)8-9-17-10-12(17)5-7-16(15)17/h1-10H. The summed E-state index contributed by atoms with van der Waals surface area (Å²) in [5.41, 5.74) is 5.89. The summed E-state index contributed by atoms with van der Waals surface area (Å²) in [5.74, 6) is 0. The maximum Gasteiger partial charge on any atom is 0.0575 e. The molecule has 0 aliphatic heterocycles. The van der Waals surface area contributed by atoms with Gasteiger partial charge >= 0.3 is 0 Å². The minimum atomic E-state index is 0.188. The fourth-order valence-corrected chi connectivity index (χ4v) is 3.35. The van der Waals surface area contributed by atoms with E-state index >= 15 is 0 Å². The number of benzene rings is 1. The van der Waals surface area contributed by atoms with Gasteiger partial charge in [-0.15, -0.1) is 0 Å². The van der Waals surface area contributed by atoms with Crippen LogP contribution in [0.25, 0.3) is 23.8 Å². The molecule has 4 aliphatic rings. The molecule has 0 heterocycles. The second kappa shape index (κ2) is 2.28. The topological polar surface area (TPSA) is 0 Å². The van der Waals surface area contributed by atoms with Gasteiger partial charge in [-0.25, -0.2) is 0 Å². The summed E-state index contributed by atoms with van der Waals surface area (Å²) in [5, 5.41) is 2.75. The van der Waals surface area contributed by atoms with E-state index in [1.807, 2.05) is 0 Å². The largest absolute Gasteiger partial charge is 0.0651 e. The van der Waals surface area contributed by atoms with Crippen LogP contribution in [0.2, 0.25) is 0 Å². The number of hydrogen-bond acceptors (Lipinski definition) is 0. The Hall–Kier alpha value is -2.08. The molecule has 0 saturated heterocycles. The van der Waals surface area contributed by atoms with Crippen LogP contribution >= 0.6 is 0 Å². The lowest BCUT2D eigenvalue weighted by Gasteiger charge is -2.18. The van der Waals surface area contributed by atoms with E-state index in [4.69, 9.17) is 0 Å². The molecule has 0 amide bonds. The first-order valence-corrected chi connectivity index (χ1v) is 6.05. The zero-order valence-corrected chi connectivity index (χ0v) is 9.27. The van der Waals surface area contributed by atoms with E-state index in [9.17, 15) is 0 Å². The fraction of sp³-hybridized carbons (Fsp3) is 0.0588. The van der Waals surface area contributed by atoms with Gasteiger partial charge in [0.15, 0.2) is 0 Å². The maximum absolute atomic E-state index is 2.36. The molecular formula is C17H10. The first kappa shape index (κ1) is 8.08. The zero-order valence-electron chi connectivity index (χ0n) is 9.27. The Morgan fingerprint density at radius 1 is 0.882 bits per heavy atom. The van der Waals surface area contributed by atoms with Gasteiger partial charge in [-0.1, -0.05) is 60.7 Å². The highest BCUT2D eigenvalue weighted by Gasteiger charge is 2.47. The van der Waals surface area contributed by atoms with Crippen LogP contribution in [-0.4, -0.2) is 0 Å². The molecule has 78 valence electrons. The summed E-state index contributed by atoms with van der Waals surface area (Å²) < 4.78 is 0. The summed E-state index contributed by atoms with van der Waals surface area (Å²) in [6.07, 6.45) is 18.1.